The fourth-order valence-corrected chi connectivity index (χ4v) is 5.59. The summed E-state index contributed by atoms with van der Waals surface area (Å²) in [6.45, 7) is 5.78. The molecular formula is C30H41FN6O5. The first-order valence-corrected chi connectivity index (χ1v) is 14.9. The Balaban J connectivity index is 1.47. The number of carbonyl (C=O) groups is 4. The molecule has 2 atom stereocenters. The number of carbonyl (C=O) groups excluding carboxylic acids is 4. The van der Waals surface area contributed by atoms with Gasteiger partial charge in [0, 0.05) is 38.7 Å². The van der Waals surface area contributed by atoms with Crippen LogP contribution in [0.1, 0.15) is 68.4 Å². The van der Waals surface area contributed by atoms with Gasteiger partial charge in [0.25, 0.3) is 5.91 Å². The number of anilines is 1. The Labute approximate surface area is 245 Å². The van der Waals surface area contributed by atoms with Crippen molar-refractivity contribution in [3.63, 3.8) is 0 Å². The van der Waals surface area contributed by atoms with Crippen molar-refractivity contribution >= 4 is 29.3 Å². The maximum atomic E-state index is 15.3. The molecule has 1 aromatic carbocycles. The summed E-state index contributed by atoms with van der Waals surface area (Å²) < 4.78 is 22.2. The Morgan fingerprint density at radius 3 is 2.45 bits per heavy atom. The molecule has 2 aromatic rings. The molecule has 2 fully saturated rings. The largest absolute Gasteiger partial charge is 0.378 e. The van der Waals surface area contributed by atoms with Gasteiger partial charge in [-0.25, -0.2) is 4.39 Å². The van der Waals surface area contributed by atoms with E-state index in [1.54, 1.807) is 28.6 Å². The minimum atomic E-state index is -0.849. The highest BCUT2D eigenvalue weighted by Gasteiger charge is 2.33. The number of halogens is 1. The molecule has 1 aromatic heterocycles. The van der Waals surface area contributed by atoms with Crippen LogP contribution in [0.25, 0.3) is 0 Å². The number of rotatable bonds is 11. The fraction of sp³-hybridized carbons (Fsp3) is 0.567. The average molecular weight is 585 g/mol. The van der Waals surface area contributed by atoms with Crippen LogP contribution >= 0.6 is 0 Å². The highest BCUT2D eigenvalue weighted by molar-refractivity contribution is 6.00. The van der Waals surface area contributed by atoms with Crippen LogP contribution < -0.4 is 16.0 Å². The van der Waals surface area contributed by atoms with E-state index in [9.17, 15) is 19.2 Å². The molecule has 4 amide bonds. The van der Waals surface area contributed by atoms with Gasteiger partial charge in [-0.1, -0.05) is 32.3 Å². The molecule has 1 aliphatic heterocycles. The number of ether oxygens (including phenoxy) is 1. The van der Waals surface area contributed by atoms with Gasteiger partial charge in [0.2, 0.25) is 17.7 Å². The van der Waals surface area contributed by atoms with Gasteiger partial charge in [-0.2, -0.15) is 5.10 Å². The van der Waals surface area contributed by atoms with Gasteiger partial charge in [0.1, 0.15) is 23.6 Å². The molecule has 1 saturated heterocycles. The van der Waals surface area contributed by atoms with Crippen molar-refractivity contribution in [2.75, 3.05) is 31.6 Å². The van der Waals surface area contributed by atoms with Crippen LogP contribution in [-0.2, 0) is 32.1 Å². The first-order valence-electron chi connectivity index (χ1n) is 14.9. The van der Waals surface area contributed by atoms with Crippen LogP contribution in [0, 0.1) is 11.7 Å². The predicted octanol–water partition coefficient (Wildman–Crippen LogP) is 2.66. The number of aryl methyl sites for hydroxylation is 1. The second-order valence-corrected chi connectivity index (χ2v) is 10.8. The van der Waals surface area contributed by atoms with E-state index < -0.39 is 29.7 Å². The number of hydrogen-bond acceptors (Lipinski definition) is 6. The zero-order chi connectivity index (χ0) is 30.1. The number of amides is 4. The summed E-state index contributed by atoms with van der Waals surface area (Å²) in [5.74, 6) is -2.15. The van der Waals surface area contributed by atoms with E-state index in [1.165, 1.54) is 18.3 Å². The molecule has 2 aliphatic rings. The number of morpholine rings is 1. The van der Waals surface area contributed by atoms with Gasteiger partial charge in [-0.3, -0.25) is 23.9 Å². The number of nitrogens with one attached hydrogen (secondary N) is 3. The molecule has 0 radical (unpaired) electrons. The smallest absolute Gasteiger partial charge is 0.270 e. The van der Waals surface area contributed by atoms with Crippen molar-refractivity contribution in [2.24, 2.45) is 5.92 Å². The standard InChI is InChI=1S/C30H41FN6O5/c1-3-26(38)33-24(30(41)36-14-16-42-17-15-36)19-20-10-11-23(22(31)18-20)34-29(40)27(21-8-6-5-7-9-21)35-28(39)25-12-13-32-37(25)4-2/h10-13,18,21,24,27H,3-9,14-17,19H2,1-2H3,(H,33,38)(H,34,40)(H,35,39)/t24-,27+/m1/s1. The summed E-state index contributed by atoms with van der Waals surface area (Å²) in [6, 6.07) is 4.26. The van der Waals surface area contributed by atoms with Gasteiger partial charge in [-0.05, 0) is 49.4 Å². The summed E-state index contributed by atoms with van der Waals surface area (Å²) in [7, 11) is 0. The molecule has 0 spiro atoms. The Morgan fingerprint density at radius 1 is 1.05 bits per heavy atom. The van der Waals surface area contributed by atoms with Crippen LogP contribution in [0.4, 0.5) is 10.1 Å². The lowest BCUT2D eigenvalue weighted by Crippen LogP contribution is -2.52. The Bertz CT molecular complexity index is 1250. The van der Waals surface area contributed by atoms with Gasteiger partial charge in [0.05, 0.1) is 18.9 Å². The number of nitrogens with zero attached hydrogens (tertiary/aromatic N) is 3. The highest BCUT2D eigenvalue weighted by atomic mass is 19.1. The number of aromatic nitrogens is 2. The Kier molecular flexibility index (Phi) is 11.0. The normalized spacial score (nSPS) is 17.3. The van der Waals surface area contributed by atoms with E-state index in [0.717, 1.165) is 32.1 Å². The minimum absolute atomic E-state index is 0.0222. The van der Waals surface area contributed by atoms with Crippen molar-refractivity contribution in [2.45, 2.75) is 77.4 Å². The molecule has 1 saturated carbocycles. The molecule has 2 heterocycles. The maximum absolute atomic E-state index is 15.3. The van der Waals surface area contributed by atoms with Crippen LogP contribution in [-0.4, -0.2) is 76.7 Å². The maximum Gasteiger partial charge on any atom is 0.270 e. The Hall–Kier alpha value is -3.80. The first kappa shape index (κ1) is 31.1. The lowest BCUT2D eigenvalue weighted by Gasteiger charge is -2.31. The van der Waals surface area contributed by atoms with E-state index in [-0.39, 0.29) is 36.3 Å². The summed E-state index contributed by atoms with van der Waals surface area (Å²) in [4.78, 5) is 53.5. The van der Waals surface area contributed by atoms with Gasteiger partial charge < -0.3 is 25.6 Å². The monoisotopic (exact) mass is 584 g/mol. The fourth-order valence-electron chi connectivity index (χ4n) is 5.59. The zero-order valence-corrected chi connectivity index (χ0v) is 24.4. The quantitative estimate of drug-likeness (QED) is 0.372. The van der Waals surface area contributed by atoms with Crippen LogP contribution in [0.3, 0.4) is 0 Å². The molecule has 42 heavy (non-hydrogen) atoms. The lowest BCUT2D eigenvalue weighted by atomic mass is 9.83. The third-order valence-electron chi connectivity index (χ3n) is 7.95. The van der Waals surface area contributed by atoms with Crippen molar-refractivity contribution in [1.82, 2.24) is 25.3 Å². The average Bonchev–Trinajstić information content (AvgIpc) is 3.50. The van der Waals surface area contributed by atoms with E-state index in [2.05, 4.69) is 21.0 Å². The van der Waals surface area contributed by atoms with Crippen LogP contribution in [0.5, 0.6) is 0 Å². The Morgan fingerprint density at radius 2 is 1.79 bits per heavy atom. The van der Waals surface area contributed by atoms with Crippen molar-refractivity contribution in [3.05, 3.63) is 47.5 Å². The molecular weight excluding hydrogens is 543 g/mol. The number of benzene rings is 1. The number of hydrogen-bond donors (Lipinski definition) is 3. The molecule has 3 N–H and O–H groups in total. The molecule has 0 bridgehead atoms. The molecule has 0 unspecified atom stereocenters. The van der Waals surface area contributed by atoms with Crippen LogP contribution in [0.2, 0.25) is 0 Å². The second-order valence-electron chi connectivity index (χ2n) is 10.8. The first-order chi connectivity index (χ1) is 20.3. The molecule has 1 aliphatic carbocycles. The summed E-state index contributed by atoms with van der Waals surface area (Å²) >= 11 is 0. The van der Waals surface area contributed by atoms with Crippen LogP contribution in [0.15, 0.2) is 30.5 Å². The van der Waals surface area contributed by atoms with E-state index in [1.807, 2.05) is 6.92 Å². The van der Waals surface area contributed by atoms with E-state index in [0.29, 0.717) is 44.1 Å². The van der Waals surface area contributed by atoms with E-state index in [4.69, 9.17) is 4.74 Å². The molecule has 4 rings (SSSR count). The molecule has 12 heteroatoms. The van der Waals surface area contributed by atoms with Gasteiger partial charge in [0.15, 0.2) is 0 Å². The molecule has 228 valence electrons. The summed E-state index contributed by atoms with van der Waals surface area (Å²) in [6.07, 6.45) is 6.41. The third-order valence-corrected chi connectivity index (χ3v) is 7.95. The van der Waals surface area contributed by atoms with Gasteiger partial charge in [-0.15, -0.1) is 0 Å². The summed E-state index contributed by atoms with van der Waals surface area (Å²) in [5, 5.41) is 12.5. The lowest BCUT2D eigenvalue weighted by molar-refractivity contribution is -0.139. The predicted molar refractivity (Wildman–Crippen MR) is 154 cm³/mol. The summed E-state index contributed by atoms with van der Waals surface area (Å²) in [5.41, 5.74) is 0.836. The van der Waals surface area contributed by atoms with E-state index >= 15 is 4.39 Å². The van der Waals surface area contributed by atoms with Crippen molar-refractivity contribution in [3.8, 4) is 0 Å². The van der Waals surface area contributed by atoms with Gasteiger partial charge >= 0.3 is 0 Å². The third kappa shape index (κ3) is 7.93. The zero-order valence-electron chi connectivity index (χ0n) is 24.4. The molecule has 11 nitrogen and oxygen atoms in total. The SMILES string of the molecule is CCC(=O)N[C@H](Cc1ccc(NC(=O)[C@@H](NC(=O)c2ccnn2CC)C2CCCCC2)c(F)c1)C(=O)N1CCOCC1. The minimum Gasteiger partial charge on any atom is -0.378 e. The van der Waals surface area contributed by atoms with Crippen molar-refractivity contribution in [1.29, 1.82) is 0 Å². The van der Waals surface area contributed by atoms with Crippen molar-refractivity contribution < 1.29 is 28.3 Å². The second kappa shape index (κ2) is 14.9. The topological polar surface area (TPSA) is 135 Å². The highest BCUT2D eigenvalue weighted by Crippen LogP contribution is 2.28.